The predicted molar refractivity (Wildman–Crippen MR) is 115 cm³/mol. The Morgan fingerprint density at radius 1 is 1.17 bits per heavy atom. The van der Waals surface area contributed by atoms with Gasteiger partial charge in [0.1, 0.15) is 0 Å². The molecule has 2 aromatic carbocycles. The number of hydrogen-bond donors (Lipinski definition) is 3. The van der Waals surface area contributed by atoms with E-state index in [0.29, 0.717) is 31.0 Å². The van der Waals surface area contributed by atoms with Crippen LogP contribution in [0.2, 0.25) is 0 Å². The first kappa shape index (κ1) is 21.0. The number of aromatic nitrogens is 1. The summed E-state index contributed by atoms with van der Waals surface area (Å²) >= 11 is 1.22. The number of carbonyl (C=O) groups is 1. The van der Waals surface area contributed by atoms with E-state index in [2.05, 4.69) is 20.3 Å². The van der Waals surface area contributed by atoms with E-state index in [4.69, 9.17) is 4.74 Å². The minimum absolute atomic E-state index is 0.169. The maximum absolute atomic E-state index is 12.4. The molecule has 0 bridgehead atoms. The molecule has 0 aliphatic heterocycles. The average Bonchev–Trinajstić information content (AvgIpc) is 3.09. The van der Waals surface area contributed by atoms with Crippen LogP contribution in [0.1, 0.15) is 13.3 Å². The van der Waals surface area contributed by atoms with Crippen LogP contribution in [-0.4, -0.2) is 39.2 Å². The number of amides is 2. The third kappa shape index (κ3) is 5.89. The molecule has 1 aromatic heterocycles. The molecule has 0 radical (unpaired) electrons. The summed E-state index contributed by atoms with van der Waals surface area (Å²) in [6.45, 7) is 3.69. The van der Waals surface area contributed by atoms with E-state index in [1.54, 1.807) is 36.4 Å². The molecule has 1 heterocycles. The van der Waals surface area contributed by atoms with E-state index < -0.39 is 10.0 Å². The molecule has 0 spiro atoms. The fraction of sp³-hybridized carbons (Fsp3) is 0.263. The van der Waals surface area contributed by atoms with E-state index in [9.17, 15) is 13.2 Å². The van der Waals surface area contributed by atoms with E-state index in [1.165, 1.54) is 23.5 Å². The number of carbonyl (C=O) groups excluding carboxylic acids is 1. The number of sulfonamides is 1. The average molecular weight is 435 g/mol. The molecule has 3 aromatic rings. The molecule has 0 aliphatic rings. The number of hydrogen-bond acceptors (Lipinski definition) is 6. The molecule has 8 nitrogen and oxygen atoms in total. The highest BCUT2D eigenvalue weighted by molar-refractivity contribution is 7.93. The van der Waals surface area contributed by atoms with Gasteiger partial charge in [0, 0.05) is 25.4 Å². The molecule has 2 amide bonds. The predicted octanol–water partition coefficient (Wildman–Crippen LogP) is 3.65. The Bertz CT molecular complexity index is 1070. The van der Waals surface area contributed by atoms with E-state index >= 15 is 0 Å². The Kier molecular flexibility index (Phi) is 7.02. The van der Waals surface area contributed by atoms with Gasteiger partial charge in [-0.15, -0.1) is 0 Å². The summed E-state index contributed by atoms with van der Waals surface area (Å²) in [5, 5.41) is 5.76. The van der Waals surface area contributed by atoms with Crippen molar-refractivity contribution in [3.63, 3.8) is 0 Å². The molecule has 10 heteroatoms. The fourth-order valence-corrected chi connectivity index (χ4v) is 4.62. The van der Waals surface area contributed by atoms with Crippen molar-refractivity contribution in [1.82, 2.24) is 10.3 Å². The molecule has 154 valence electrons. The van der Waals surface area contributed by atoms with Gasteiger partial charge >= 0.3 is 6.03 Å². The van der Waals surface area contributed by atoms with Crippen LogP contribution in [0, 0.1) is 0 Å². The Hall–Kier alpha value is -2.69. The second-order valence-corrected chi connectivity index (χ2v) is 8.76. The standard InChI is InChI=1S/C19H22N4O4S2/c1-2-27-12-6-11-20-18(24)21-14-9-10-17-16(13-14)22-19(28-17)23-29(25,26)15-7-4-3-5-8-15/h3-5,7-10,13H,2,6,11-12H2,1H3,(H,22,23)(H2,20,21,24). The summed E-state index contributed by atoms with van der Waals surface area (Å²) in [6, 6.07) is 13.0. The van der Waals surface area contributed by atoms with Crippen molar-refractivity contribution < 1.29 is 17.9 Å². The molecular weight excluding hydrogens is 412 g/mol. The van der Waals surface area contributed by atoms with Crippen LogP contribution in [0.5, 0.6) is 0 Å². The minimum Gasteiger partial charge on any atom is -0.382 e. The van der Waals surface area contributed by atoms with Crippen molar-refractivity contribution >= 4 is 48.4 Å². The van der Waals surface area contributed by atoms with Gasteiger partial charge in [0.2, 0.25) is 0 Å². The molecule has 0 unspecified atom stereocenters. The number of benzene rings is 2. The maximum atomic E-state index is 12.4. The zero-order valence-corrected chi connectivity index (χ0v) is 17.5. The highest BCUT2D eigenvalue weighted by Gasteiger charge is 2.16. The molecule has 0 saturated heterocycles. The first-order valence-corrected chi connectivity index (χ1v) is 11.4. The second kappa shape index (κ2) is 9.68. The topological polar surface area (TPSA) is 109 Å². The molecule has 0 aliphatic carbocycles. The summed E-state index contributed by atoms with van der Waals surface area (Å²) in [7, 11) is -3.70. The van der Waals surface area contributed by atoms with Gasteiger partial charge < -0.3 is 15.4 Å². The van der Waals surface area contributed by atoms with Crippen LogP contribution in [-0.2, 0) is 14.8 Å². The van der Waals surface area contributed by atoms with Gasteiger partial charge in [-0.1, -0.05) is 29.5 Å². The van der Waals surface area contributed by atoms with Crippen LogP contribution in [0.15, 0.2) is 53.4 Å². The lowest BCUT2D eigenvalue weighted by Gasteiger charge is -2.07. The number of fused-ring (bicyclic) bond motifs is 1. The third-order valence-electron chi connectivity index (χ3n) is 3.88. The van der Waals surface area contributed by atoms with Gasteiger partial charge in [0.15, 0.2) is 5.13 Å². The number of nitrogens with one attached hydrogen (secondary N) is 3. The van der Waals surface area contributed by atoms with Gasteiger partial charge in [0.05, 0.1) is 15.1 Å². The number of thiazole rings is 1. The summed E-state index contributed by atoms with van der Waals surface area (Å²) in [4.78, 5) is 16.5. The smallest absolute Gasteiger partial charge is 0.319 e. The van der Waals surface area contributed by atoms with E-state index in [0.717, 1.165) is 11.1 Å². The highest BCUT2D eigenvalue weighted by Crippen LogP contribution is 2.29. The molecule has 0 saturated carbocycles. The summed E-state index contributed by atoms with van der Waals surface area (Å²) in [5.41, 5.74) is 1.16. The van der Waals surface area contributed by atoms with E-state index in [1.807, 2.05) is 6.92 Å². The molecule has 0 fully saturated rings. The summed E-state index contributed by atoms with van der Waals surface area (Å²) in [5.74, 6) is 0. The maximum Gasteiger partial charge on any atom is 0.319 e. The Morgan fingerprint density at radius 3 is 2.72 bits per heavy atom. The zero-order chi connectivity index (χ0) is 20.7. The van der Waals surface area contributed by atoms with Crippen LogP contribution in [0.3, 0.4) is 0 Å². The van der Waals surface area contributed by atoms with Crippen LogP contribution in [0.25, 0.3) is 10.2 Å². The summed E-state index contributed by atoms with van der Waals surface area (Å²) in [6.07, 6.45) is 0.733. The van der Waals surface area contributed by atoms with Crippen LogP contribution < -0.4 is 15.4 Å². The largest absolute Gasteiger partial charge is 0.382 e. The first-order valence-electron chi connectivity index (χ1n) is 9.09. The second-order valence-electron chi connectivity index (χ2n) is 6.05. The Balaban J connectivity index is 1.63. The lowest BCUT2D eigenvalue weighted by Crippen LogP contribution is -2.30. The van der Waals surface area contributed by atoms with Gasteiger partial charge in [-0.2, -0.15) is 0 Å². The minimum atomic E-state index is -3.70. The van der Waals surface area contributed by atoms with Crippen molar-refractivity contribution in [1.29, 1.82) is 0 Å². The van der Waals surface area contributed by atoms with Crippen molar-refractivity contribution in [2.75, 3.05) is 29.8 Å². The first-order chi connectivity index (χ1) is 14.0. The monoisotopic (exact) mass is 434 g/mol. The lowest BCUT2D eigenvalue weighted by atomic mass is 10.3. The van der Waals surface area contributed by atoms with Gasteiger partial charge in [-0.05, 0) is 43.7 Å². The van der Waals surface area contributed by atoms with Crippen molar-refractivity contribution in [3.05, 3.63) is 48.5 Å². The number of urea groups is 1. The number of rotatable bonds is 9. The van der Waals surface area contributed by atoms with Gasteiger partial charge in [0.25, 0.3) is 10.0 Å². The van der Waals surface area contributed by atoms with Crippen LogP contribution in [0.4, 0.5) is 15.6 Å². The normalized spacial score (nSPS) is 11.3. The van der Waals surface area contributed by atoms with Crippen molar-refractivity contribution in [3.8, 4) is 0 Å². The quantitative estimate of drug-likeness (QED) is 0.446. The highest BCUT2D eigenvalue weighted by atomic mass is 32.2. The Morgan fingerprint density at radius 2 is 1.97 bits per heavy atom. The molecule has 0 atom stereocenters. The number of nitrogens with zero attached hydrogens (tertiary/aromatic N) is 1. The van der Waals surface area contributed by atoms with E-state index in [-0.39, 0.29) is 16.1 Å². The van der Waals surface area contributed by atoms with Crippen molar-refractivity contribution in [2.24, 2.45) is 0 Å². The van der Waals surface area contributed by atoms with Gasteiger partial charge in [-0.25, -0.2) is 18.2 Å². The fourth-order valence-electron chi connectivity index (χ4n) is 2.52. The van der Waals surface area contributed by atoms with Crippen LogP contribution >= 0.6 is 11.3 Å². The molecule has 29 heavy (non-hydrogen) atoms. The molecule has 3 N–H and O–H groups in total. The Labute approximate surface area is 173 Å². The summed E-state index contributed by atoms with van der Waals surface area (Å²) < 4.78 is 33.4. The molecular formula is C19H22N4O4S2. The van der Waals surface area contributed by atoms with Gasteiger partial charge in [-0.3, -0.25) is 4.72 Å². The zero-order valence-electron chi connectivity index (χ0n) is 15.8. The third-order valence-corrected chi connectivity index (χ3v) is 6.31. The SMILES string of the molecule is CCOCCCNC(=O)Nc1ccc2sc(NS(=O)(=O)c3ccccc3)nc2c1. The lowest BCUT2D eigenvalue weighted by molar-refractivity contribution is 0.145. The van der Waals surface area contributed by atoms with Crippen molar-refractivity contribution in [2.45, 2.75) is 18.2 Å². The molecule has 3 rings (SSSR count). The number of anilines is 2. The number of ether oxygens (including phenoxy) is 1.